The van der Waals surface area contributed by atoms with Gasteiger partial charge in [-0.25, -0.2) is 4.79 Å². The highest BCUT2D eigenvalue weighted by atomic mass is 79.9. The molecule has 0 unspecified atom stereocenters. The summed E-state index contributed by atoms with van der Waals surface area (Å²) in [5, 5.41) is -0.651. The van der Waals surface area contributed by atoms with Crippen LogP contribution in [0.1, 0.15) is 24.2 Å². The van der Waals surface area contributed by atoms with Crippen molar-refractivity contribution in [3.8, 4) is 11.5 Å². The monoisotopic (exact) mass is 388 g/mol. The third kappa shape index (κ3) is 6.99. The van der Waals surface area contributed by atoms with E-state index in [-0.39, 0.29) is 30.6 Å². The quantitative estimate of drug-likeness (QED) is 0.565. The van der Waals surface area contributed by atoms with Crippen molar-refractivity contribution in [2.24, 2.45) is 0 Å². The summed E-state index contributed by atoms with van der Waals surface area (Å²) < 4.78 is 40.0. The van der Waals surface area contributed by atoms with Crippen molar-refractivity contribution in [1.82, 2.24) is 0 Å². The number of carbonyl (C=O) groups excluding carboxylic acids is 1. The highest BCUT2D eigenvalue weighted by Gasteiger charge is 2.31. The molecule has 1 aromatic rings. The number of hydrogen-bond acceptors (Lipinski definition) is 4. The van der Waals surface area contributed by atoms with Gasteiger partial charge in [-0.05, 0) is 18.2 Å². The molecule has 1 rings (SSSR count). The number of benzene rings is 1. The van der Waals surface area contributed by atoms with Gasteiger partial charge in [0.15, 0.2) is 11.5 Å². The second-order valence-electron chi connectivity index (χ2n) is 3.23. The van der Waals surface area contributed by atoms with E-state index < -0.39 is 17.4 Å². The van der Waals surface area contributed by atoms with Gasteiger partial charge in [-0.3, -0.25) is 0 Å². The van der Waals surface area contributed by atoms with Crippen molar-refractivity contribution < 1.29 is 27.8 Å². The molecule has 0 aliphatic rings. The summed E-state index contributed by atoms with van der Waals surface area (Å²) in [5.41, 5.74) is 0.184. The topological polar surface area (TPSA) is 44.8 Å². The number of halogens is 3. The summed E-state index contributed by atoms with van der Waals surface area (Å²) in [6.45, 7) is 4.00. The summed E-state index contributed by atoms with van der Waals surface area (Å²) in [4.78, 5) is 11.3. The van der Waals surface area contributed by atoms with Crippen LogP contribution in [0, 0.1) is 0 Å². The van der Waals surface area contributed by atoms with Gasteiger partial charge in [0.2, 0.25) is 0 Å². The zero-order valence-electron chi connectivity index (χ0n) is 12.2. The van der Waals surface area contributed by atoms with E-state index in [9.17, 15) is 13.6 Å². The van der Waals surface area contributed by atoms with E-state index >= 15 is 0 Å². The first-order chi connectivity index (χ1) is 9.43. The molecule has 8 heteroatoms. The van der Waals surface area contributed by atoms with Gasteiger partial charge >= 0.3 is 12.1 Å². The molecule has 0 aliphatic heterocycles. The molecule has 1 aromatic carbocycles. The number of ether oxygens (including phenoxy) is 3. The fraction of sp³-hybridized carbons (Fsp3) is 0.462. The van der Waals surface area contributed by atoms with Gasteiger partial charge in [0.25, 0.3) is 0 Å². The van der Waals surface area contributed by atoms with Crippen molar-refractivity contribution in [3.05, 3.63) is 23.8 Å². The van der Waals surface area contributed by atoms with E-state index in [1.807, 2.05) is 13.8 Å². The third-order valence-electron chi connectivity index (χ3n) is 2.00. The summed E-state index contributed by atoms with van der Waals surface area (Å²) in [7, 11) is 2.51. The van der Waals surface area contributed by atoms with Gasteiger partial charge in [-0.1, -0.05) is 29.8 Å². The van der Waals surface area contributed by atoms with Crippen LogP contribution in [-0.2, 0) is 4.74 Å². The second kappa shape index (κ2) is 10.7. The third-order valence-corrected chi connectivity index (χ3v) is 2.65. The standard InChI is InChI=1S/C11H11BrF2O4.C2H6.H2S/c1-16-9-5-7(10(15)17-2)3-4-8(9)18-11(13,14)6-12;1-2;/h3-5H,6H2,1-2H3;1-2H3;1H2. The van der Waals surface area contributed by atoms with Gasteiger partial charge in [-0.15, -0.1) is 0 Å². The molecule has 0 N–H and O–H groups in total. The Bertz CT molecular complexity index is 444. The maximum absolute atomic E-state index is 13.1. The fourth-order valence-electron chi connectivity index (χ4n) is 1.18. The summed E-state index contributed by atoms with van der Waals surface area (Å²) in [6.07, 6.45) is -3.36. The van der Waals surface area contributed by atoms with Crippen molar-refractivity contribution in [3.63, 3.8) is 0 Å². The molecule has 0 aromatic heterocycles. The average molecular weight is 389 g/mol. The molecule has 0 heterocycles. The Hall–Kier alpha value is -1.02. The minimum Gasteiger partial charge on any atom is -0.493 e. The normalized spacial score (nSPS) is 9.67. The molecule has 0 spiro atoms. The van der Waals surface area contributed by atoms with E-state index in [1.165, 1.54) is 32.4 Å². The minimum absolute atomic E-state index is 0. The zero-order chi connectivity index (χ0) is 15.8. The van der Waals surface area contributed by atoms with Crippen molar-refractivity contribution in [1.29, 1.82) is 0 Å². The molecule has 0 aliphatic carbocycles. The average Bonchev–Trinajstić information content (AvgIpc) is 2.48. The number of methoxy groups -OCH3 is 2. The summed E-state index contributed by atoms with van der Waals surface area (Å²) in [6, 6.07) is 3.81. The molecule has 0 saturated heterocycles. The van der Waals surface area contributed by atoms with Gasteiger partial charge in [0, 0.05) is 0 Å². The summed E-state index contributed by atoms with van der Waals surface area (Å²) in [5.74, 6) is -0.722. The molecule has 0 radical (unpaired) electrons. The number of alkyl halides is 3. The minimum atomic E-state index is -3.36. The maximum Gasteiger partial charge on any atom is 0.407 e. The maximum atomic E-state index is 13.1. The van der Waals surface area contributed by atoms with Gasteiger partial charge in [0.05, 0.1) is 19.8 Å². The molecule has 21 heavy (non-hydrogen) atoms. The number of carbonyl (C=O) groups is 1. The molecule has 0 fully saturated rings. The first kappa shape index (κ1) is 22.3. The van der Waals surface area contributed by atoms with E-state index in [1.54, 1.807) is 0 Å². The number of hydrogen-bond donors (Lipinski definition) is 0. The van der Waals surface area contributed by atoms with Crippen LogP contribution in [0.15, 0.2) is 18.2 Å². The molecular weight excluding hydrogens is 370 g/mol. The molecule has 122 valence electrons. The predicted octanol–water partition coefficient (Wildman–Crippen LogP) is 3.99. The summed E-state index contributed by atoms with van der Waals surface area (Å²) >= 11 is 2.63. The lowest BCUT2D eigenvalue weighted by Crippen LogP contribution is -2.26. The largest absolute Gasteiger partial charge is 0.493 e. The zero-order valence-corrected chi connectivity index (χ0v) is 14.8. The van der Waals surface area contributed by atoms with Gasteiger partial charge in [0.1, 0.15) is 5.33 Å². The van der Waals surface area contributed by atoms with Crippen LogP contribution in [0.4, 0.5) is 8.78 Å². The Morgan fingerprint density at radius 3 is 2.24 bits per heavy atom. The molecule has 0 saturated carbocycles. The van der Waals surface area contributed by atoms with Crippen LogP contribution in [0.3, 0.4) is 0 Å². The lowest BCUT2D eigenvalue weighted by molar-refractivity contribution is -0.154. The lowest BCUT2D eigenvalue weighted by atomic mass is 10.2. The first-order valence-electron chi connectivity index (χ1n) is 5.82. The second-order valence-corrected chi connectivity index (χ2v) is 3.79. The first-order valence-corrected chi connectivity index (χ1v) is 6.95. The van der Waals surface area contributed by atoms with E-state index in [4.69, 9.17) is 4.74 Å². The highest BCUT2D eigenvalue weighted by molar-refractivity contribution is 9.09. The van der Waals surface area contributed by atoms with Crippen LogP contribution < -0.4 is 9.47 Å². The number of rotatable bonds is 5. The molecule has 0 amide bonds. The van der Waals surface area contributed by atoms with Crippen LogP contribution in [0.2, 0.25) is 0 Å². The Kier molecular flexibility index (Phi) is 11.3. The Morgan fingerprint density at radius 2 is 1.81 bits per heavy atom. The van der Waals surface area contributed by atoms with Crippen LogP contribution in [0.5, 0.6) is 11.5 Å². The fourth-order valence-corrected chi connectivity index (χ4v) is 1.30. The van der Waals surface area contributed by atoms with Crippen molar-refractivity contribution in [2.75, 3.05) is 19.5 Å². The molecular formula is C13H19BrF2O4S. The smallest absolute Gasteiger partial charge is 0.407 e. The highest BCUT2D eigenvalue weighted by Crippen LogP contribution is 2.33. The predicted molar refractivity (Wildman–Crippen MR) is 85.4 cm³/mol. The Morgan fingerprint density at radius 1 is 1.24 bits per heavy atom. The number of esters is 1. The van der Waals surface area contributed by atoms with E-state index in [2.05, 4.69) is 25.4 Å². The molecule has 4 nitrogen and oxygen atoms in total. The van der Waals surface area contributed by atoms with Crippen LogP contribution in [-0.4, -0.2) is 31.6 Å². The van der Waals surface area contributed by atoms with E-state index in [0.717, 1.165) is 0 Å². The van der Waals surface area contributed by atoms with E-state index in [0.29, 0.717) is 0 Å². The molecule has 0 atom stereocenters. The lowest BCUT2D eigenvalue weighted by Gasteiger charge is -2.17. The van der Waals surface area contributed by atoms with Crippen LogP contribution >= 0.6 is 29.4 Å². The van der Waals surface area contributed by atoms with Crippen LogP contribution in [0.25, 0.3) is 0 Å². The SMILES string of the molecule is CC.COC(=O)c1ccc(OC(F)(F)CBr)c(OC)c1.S. The van der Waals surface area contributed by atoms with Crippen molar-refractivity contribution in [2.45, 2.75) is 20.0 Å². The Balaban J connectivity index is 0. The van der Waals surface area contributed by atoms with Gasteiger partial charge < -0.3 is 14.2 Å². The van der Waals surface area contributed by atoms with Gasteiger partial charge in [-0.2, -0.15) is 22.3 Å². The Labute approximate surface area is 138 Å². The van der Waals surface area contributed by atoms with Crippen molar-refractivity contribution >= 4 is 35.4 Å². The molecule has 0 bridgehead atoms.